The van der Waals surface area contributed by atoms with Gasteiger partial charge in [0.25, 0.3) is 0 Å². The number of ether oxygens (including phenoxy) is 2. The van der Waals surface area contributed by atoms with Crippen LogP contribution in [0.2, 0.25) is 0 Å². The predicted molar refractivity (Wildman–Crippen MR) is 172 cm³/mol. The fourth-order valence-corrected chi connectivity index (χ4v) is 5.26. The van der Waals surface area contributed by atoms with Gasteiger partial charge in [-0.2, -0.15) is 5.10 Å². The minimum Gasteiger partial charge on any atom is -0.492 e. The van der Waals surface area contributed by atoms with E-state index in [0.717, 1.165) is 61.2 Å². The second-order valence-electron chi connectivity index (χ2n) is 12.2. The summed E-state index contributed by atoms with van der Waals surface area (Å²) in [7, 11) is 0. The topological polar surface area (TPSA) is 146 Å². The molecule has 0 unspecified atom stereocenters. The van der Waals surface area contributed by atoms with E-state index < -0.39 is 0 Å². The largest absolute Gasteiger partial charge is 0.492 e. The second kappa shape index (κ2) is 12.7. The summed E-state index contributed by atoms with van der Waals surface area (Å²) in [6.45, 7) is 12.9. The van der Waals surface area contributed by atoms with E-state index in [9.17, 15) is 4.79 Å². The van der Waals surface area contributed by atoms with Crippen LogP contribution in [0, 0.1) is 6.92 Å². The standard InChI is InChI=1S/C33H38N8O4/c1-21-17-23(37-28(42)19-24-18-27(45-39-24)33(2,3)4)7-10-26(21)41-32-29(31(34)35-20-36-32)30(38-41)22-5-8-25(9-6-22)44-16-13-40-11-14-43-15-12-40/h5-10,17-18,20H,11-16,19H2,1-4H3,(H,37,42)(H2,34,35,36). The molecule has 1 aliphatic rings. The molecule has 0 radical (unpaired) electrons. The molecule has 4 heterocycles. The van der Waals surface area contributed by atoms with Crippen molar-refractivity contribution in [3.05, 3.63) is 71.9 Å². The van der Waals surface area contributed by atoms with Crippen LogP contribution in [0.15, 0.2) is 59.4 Å². The Labute approximate surface area is 261 Å². The first-order valence-corrected chi connectivity index (χ1v) is 15.1. The fraction of sp³-hybridized carbons (Fsp3) is 0.364. The maximum absolute atomic E-state index is 12.8. The number of nitrogens with one attached hydrogen (secondary N) is 1. The molecule has 6 rings (SSSR count). The summed E-state index contributed by atoms with van der Waals surface area (Å²) < 4.78 is 18.6. The number of nitrogens with zero attached hydrogens (tertiary/aromatic N) is 6. The lowest BCUT2D eigenvalue weighted by Gasteiger charge is -2.26. The lowest BCUT2D eigenvalue weighted by atomic mass is 9.93. The number of aryl methyl sites for hydroxylation is 1. The monoisotopic (exact) mass is 610 g/mol. The third kappa shape index (κ3) is 6.81. The van der Waals surface area contributed by atoms with E-state index in [1.807, 2.05) is 76.2 Å². The van der Waals surface area contributed by atoms with Gasteiger partial charge in [-0.25, -0.2) is 14.6 Å². The van der Waals surface area contributed by atoms with E-state index in [-0.39, 0.29) is 17.7 Å². The minimum absolute atomic E-state index is 0.113. The number of aromatic nitrogens is 5. The molecule has 45 heavy (non-hydrogen) atoms. The average molecular weight is 611 g/mol. The van der Waals surface area contributed by atoms with E-state index in [1.165, 1.54) is 6.33 Å². The number of morpholine rings is 1. The molecule has 0 atom stereocenters. The van der Waals surface area contributed by atoms with Crippen molar-refractivity contribution in [2.75, 3.05) is 50.5 Å². The molecular formula is C33H38N8O4. The SMILES string of the molecule is Cc1cc(NC(=O)Cc2cc(C(C)(C)C)on2)ccc1-n1nc(-c2ccc(OCCN3CCOCC3)cc2)c2c(N)ncnc21. The van der Waals surface area contributed by atoms with Crippen LogP contribution in [-0.4, -0.2) is 75.2 Å². The number of hydrogen-bond acceptors (Lipinski definition) is 10. The van der Waals surface area contributed by atoms with Gasteiger partial charge in [-0.15, -0.1) is 0 Å². The summed E-state index contributed by atoms with van der Waals surface area (Å²) in [5.74, 6) is 1.68. The van der Waals surface area contributed by atoms with E-state index in [1.54, 1.807) is 4.68 Å². The van der Waals surface area contributed by atoms with Gasteiger partial charge in [0.05, 0.1) is 36.4 Å². The smallest absolute Gasteiger partial charge is 0.230 e. The molecule has 12 heteroatoms. The zero-order valence-electron chi connectivity index (χ0n) is 26.0. The fourth-order valence-electron chi connectivity index (χ4n) is 5.26. The van der Waals surface area contributed by atoms with Crippen molar-refractivity contribution >= 4 is 28.4 Å². The van der Waals surface area contributed by atoms with Crippen LogP contribution in [0.3, 0.4) is 0 Å². The zero-order chi connectivity index (χ0) is 31.6. The molecule has 1 aliphatic heterocycles. The number of anilines is 2. The van der Waals surface area contributed by atoms with Crippen molar-refractivity contribution in [1.29, 1.82) is 0 Å². The number of carbonyl (C=O) groups excluding carboxylic acids is 1. The first-order valence-electron chi connectivity index (χ1n) is 15.1. The third-order valence-electron chi connectivity index (χ3n) is 7.75. The van der Waals surface area contributed by atoms with E-state index >= 15 is 0 Å². The number of carbonyl (C=O) groups is 1. The molecular weight excluding hydrogens is 572 g/mol. The Morgan fingerprint density at radius 3 is 2.56 bits per heavy atom. The van der Waals surface area contributed by atoms with E-state index in [2.05, 4.69) is 25.3 Å². The Morgan fingerprint density at radius 1 is 1.07 bits per heavy atom. The molecule has 0 bridgehead atoms. The van der Waals surface area contributed by atoms with Crippen molar-refractivity contribution < 1.29 is 18.8 Å². The Morgan fingerprint density at radius 2 is 1.84 bits per heavy atom. The molecule has 0 aliphatic carbocycles. The first-order chi connectivity index (χ1) is 21.7. The van der Waals surface area contributed by atoms with E-state index in [4.69, 9.17) is 24.8 Å². The minimum atomic E-state index is -0.184. The number of hydrogen-bond donors (Lipinski definition) is 2. The molecule has 0 saturated carbocycles. The Bertz CT molecular complexity index is 1800. The number of nitrogen functional groups attached to an aromatic ring is 1. The van der Waals surface area contributed by atoms with Gasteiger partial charge in [0.15, 0.2) is 5.65 Å². The molecule has 12 nitrogen and oxygen atoms in total. The highest BCUT2D eigenvalue weighted by Crippen LogP contribution is 2.33. The van der Waals surface area contributed by atoms with Crippen molar-refractivity contribution in [2.24, 2.45) is 0 Å². The van der Waals surface area contributed by atoms with Crippen molar-refractivity contribution in [3.8, 4) is 22.7 Å². The highest BCUT2D eigenvalue weighted by Gasteiger charge is 2.22. The summed E-state index contributed by atoms with van der Waals surface area (Å²) >= 11 is 0. The Hall–Kier alpha value is -4.81. The predicted octanol–water partition coefficient (Wildman–Crippen LogP) is 4.55. The van der Waals surface area contributed by atoms with E-state index in [0.29, 0.717) is 40.5 Å². The molecule has 0 spiro atoms. The Balaban J connectivity index is 1.19. The summed E-state index contributed by atoms with van der Waals surface area (Å²) in [6, 6.07) is 15.3. The van der Waals surface area contributed by atoms with Gasteiger partial charge in [-0.05, 0) is 55.0 Å². The molecule has 5 aromatic rings. The van der Waals surface area contributed by atoms with Crippen molar-refractivity contribution in [3.63, 3.8) is 0 Å². The van der Waals surface area contributed by atoms with Crippen molar-refractivity contribution in [1.82, 2.24) is 29.8 Å². The van der Waals surface area contributed by atoms with Gasteiger partial charge in [0.1, 0.15) is 36.0 Å². The van der Waals surface area contributed by atoms with Gasteiger partial charge < -0.3 is 25.0 Å². The zero-order valence-corrected chi connectivity index (χ0v) is 26.0. The number of benzene rings is 2. The average Bonchev–Trinajstić information content (AvgIpc) is 3.64. The molecule has 1 fully saturated rings. The van der Waals surface area contributed by atoms with Gasteiger partial charge in [-0.3, -0.25) is 9.69 Å². The van der Waals surface area contributed by atoms with Crippen LogP contribution >= 0.6 is 0 Å². The van der Waals surface area contributed by atoms with Crippen LogP contribution in [0.1, 0.15) is 37.8 Å². The van der Waals surface area contributed by atoms with Crippen LogP contribution in [0.4, 0.5) is 11.5 Å². The van der Waals surface area contributed by atoms with Crippen LogP contribution in [-0.2, 0) is 21.4 Å². The Kier molecular flexibility index (Phi) is 8.50. The van der Waals surface area contributed by atoms with Gasteiger partial charge >= 0.3 is 0 Å². The van der Waals surface area contributed by atoms with Crippen LogP contribution in [0.5, 0.6) is 5.75 Å². The number of amides is 1. The number of fused-ring (bicyclic) bond motifs is 1. The molecule has 1 saturated heterocycles. The number of rotatable bonds is 9. The third-order valence-corrected chi connectivity index (χ3v) is 7.75. The normalized spacial score (nSPS) is 14.1. The maximum atomic E-state index is 12.8. The number of nitrogens with two attached hydrogens (primary N) is 1. The molecule has 1 amide bonds. The summed E-state index contributed by atoms with van der Waals surface area (Å²) in [5.41, 5.74) is 11.2. The van der Waals surface area contributed by atoms with Crippen molar-refractivity contribution in [2.45, 2.75) is 39.5 Å². The van der Waals surface area contributed by atoms with Gasteiger partial charge in [-0.1, -0.05) is 25.9 Å². The summed E-state index contributed by atoms with van der Waals surface area (Å²) in [6.07, 6.45) is 1.55. The lowest BCUT2D eigenvalue weighted by Crippen LogP contribution is -2.38. The molecule has 3 aromatic heterocycles. The molecule has 2 aromatic carbocycles. The second-order valence-corrected chi connectivity index (χ2v) is 12.2. The quantitative estimate of drug-likeness (QED) is 0.244. The first kappa shape index (κ1) is 30.2. The van der Waals surface area contributed by atoms with Gasteiger partial charge in [0, 0.05) is 42.4 Å². The van der Waals surface area contributed by atoms with Gasteiger partial charge in [0.2, 0.25) is 5.91 Å². The highest BCUT2D eigenvalue weighted by molar-refractivity contribution is 5.99. The molecule has 234 valence electrons. The van der Waals surface area contributed by atoms with Crippen LogP contribution < -0.4 is 15.8 Å². The maximum Gasteiger partial charge on any atom is 0.230 e. The highest BCUT2D eigenvalue weighted by atomic mass is 16.5. The summed E-state index contributed by atoms with van der Waals surface area (Å²) in [4.78, 5) is 23.9. The summed E-state index contributed by atoms with van der Waals surface area (Å²) in [5, 5.41) is 12.6. The molecule has 3 N–H and O–H groups in total. The van der Waals surface area contributed by atoms with Crippen LogP contribution in [0.25, 0.3) is 28.0 Å². The lowest BCUT2D eigenvalue weighted by molar-refractivity contribution is -0.115.